The van der Waals surface area contributed by atoms with Crippen LogP contribution >= 0.6 is 0 Å². The molecule has 3 rings (SSSR count). The van der Waals surface area contributed by atoms with E-state index in [9.17, 15) is 5.26 Å². The average molecular weight is 336 g/mol. The number of likely N-dealkylation sites (N-methyl/N-ethyl adjacent to an activating group) is 1. The van der Waals surface area contributed by atoms with E-state index in [2.05, 4.69) is 16.4 Å². The van der Waals surface area contributed by atoms with E-state index < -0.39 is 0 Å². The molecule has 3 aromatic rings. The van der Waals surface area contributed by atoms with Crippen LogP contribution in [-0.2, 0) is 0 Å². The lowest BCUT2D eigenvalue weighted by molar-refractivity contribution is 0.268. The zero-order chi connectivity index (χ0) is 17.8. The molecule has 0 bridgehead atoms. The van der Waals surface area contributed by atoms with Crippen LogP contribution in [0.25, 0.3) is 11.5 Å². The van der Waals surface area contributed by atoms with Crippen molar-refractivity contribution in [2.24, 2.45) is 0 Å². The van der Waals surface area contributed by atoms with Crippen molar-refractivity contribution in [3.63, 3.8) is 0 Å². The Kier molecular flexibility index (Phi) is 4.87. The van der Waals surface area contributed by atoms with E-state index in [-0.39, 0.29) is 11.7 Å². The Hall–Kier alpha value is -3.04. The Morgan fingerprint density at radius 1 is 1.24 bits per heavy atom. The zero-order valence-corrected chi connectivity index (χ0v) is 14.5. The van der Waals surface area contributed by atoms with Gasteiger partial charge in [-0.2, -0.15) is 10.2 Å². The molecule has 0 amide bonds. The van der Waals surface area contributed by atoms with Gasteiger partial charge in [0.1, 0.15) is 11.8 Å². The molecule has 0 saturated carbocycles. The number of rotatable bonds is 6. The summed E-state index contributed by atoms with van der Waals surface area (Å²) in [6.07, 6.45) is 1.65. The number of nitriles is 1. The highest BCUT2D eigenvalue weighted by Gasteiger charge is 2.20. The summed E-state index contributed by atoms with van der Waals surface area (Å²) in [5.41, 5.74) is 2.24. The Morgan fingerprint density at radius 3 is 2.60 bits per heavy atom. The van der Waals surface area contributed by atoms with Crippen molar-refractivity contribution in [2.45, 2.75) is 13.0 Å². The van der Waals surface area contributed by atoms with Gasteiger partial charge < -0.3 is 14.2 Å². The molecule has 0 fully saturated rings. The predicted octanol–water partition coefficient (Wildman–Crippen LogP) is 3.83. The maximum atomic E-state index is 9.34. The van der Waals surface area contributed by atoms with Crippen molar-refractivity contribution in [3.8, 4) is 17.5 Å². The third-order valence-electron chi connectivity index (χ3n) is 3.98. The first kappa shape index (κ1) is 16.8. The van der Waals surface area contributed by atoms with Gasteiger partial charge in [0.25, 0.3) is 0 Å². The molecule has 25 heavy (non-hydrogen) atoms. The van der Waals surface area contributed by atoms with Crippen LogP contribution in [0.15, 0.2) is 51.5 Å². The summed E-state index contributed by atoms with van der Waals surface area (Å²) in [6.45, 7) is 2.54. The first-order valence-corrected chi connectivity index (χ1v) is 8.00. The van der Waals surface area contributed by atoms with Crippen molar-refractivity contribution >= 4 is 5.88 Å². The molecular formula is C19H20N4O2. The second kappa shape index (κ2) is 7.24. The Labute approximate surface area is 146 Å². The van der Waals surface area contributed by atoms with Gasteiger partial charge in [0.05, 0.1) is 12.3 Å². The number of aromatic nitrogens is 1. The summed E-state index contributed by atoms with van der Waals surface area (Å²) in [7, 11) is 3.94. The summed E-state index contributed by atoms with van der Waals surface area (Å²) < 4.78 is 11.3. The van der Waals surface area contributed by atoms with E-state index in [1.165, 1.54) is 0 Å². The molecule has 0 saturated heterocycles. The van der Waals surface area contributed by atoms with Crippen LogP contribution < -0.4 is 5.32 Å². The summed E-state index contributed by atoms with van der Waals surface area (Å²) in [5, 5.41) is 12.5. The predicted molar refractivity (Wildman–Crippen MR) is 95.0 cm³/mol. The average Bonchev–Trinajstić information content (AvgIpc) is 3.25. The zero-order valence-electron chi connectivity index (χ0n) is 14.5. The van der Waals surface area contributed by atoms with Crippen molar-refractivity contribution in [3.05, 3.63) is 59.7 Å². The van der Waals surface area contributed by atoms with Crippen molar-refractivity contribution in [2.75, 3.05) is 26.0 Å². The first-order valence-electron chi connectivity index (χ1n) is 8.00. The standard InChI is InChI=1S/C19H20N4O2/c1-13-6-8-14(9-7-13)18-22-15(11-20)19(25-18)21-12-16(23(2)3)17-5-4-10-24-17/h4-10,16,21H,12H2,1-3H3. The van der Waals surface area contributed by atoms with Gasteiger partial charge in [-0.15, -0.1) is 0 Å². The Bertz CT molecular complexity index is 858. The number of nitrogens with zero attached hydrogens (tertiary/aromatic N) is 3. The number of nitrogens with one attached hydrogen (secondary N) is 1. The fourth-order valence-electron chi connectivity index (χ4n) is 2.54. The second-order valence-corrected chi connectivity index (χ2v) is 6.05. The van der Waals surface area contributed by atoms with Crippen LogP contribution in [0.5, 0.6) is 0 Å². The number of hydrogen-bond donors (Lipinski definition) is 1. The largest absolute Gasteiger partial charge is 0.468 e. The number of oxazole rings is 1. The molecule has 0 spiro atoms. The molecule has 6 heteroatoms. The van der Waals surface area contributed by atoms with E-state index in [4.69, 9.17) is 8.83 Å². The Morgan fingerprint density at radius 2 is 2.00 bits per heavy atom. The molecule has 6 nitrogen and oxygen atoms in total. The van der Waals surface area contributed by atoms with Crippen LogP contribution in [0, 0.1) is 18.3 Å². The molecule has 128 valence electrons. The topological polar surface area (TPSA) is 78.2 Å². The van der Waals surface area contributed by atoms with Crippen molar-refractivity contribution in [1.29, 1.82) is 5.26 Å². The minimum Gasteiger partial charge on any atom is -0.468 e. The molecule has 2 aromatic heterocycles. The van der Waals surface area contributed by atoms with Gasteiger partial charge in [0, 0.05) is 12.1 Å². The van der Waals surface area contributed by atoms with Crippen LogP contribution in [0.4, 0.5) is 5.88 Å². The van der Waals surface area contributed by atoms with Gasteiger partial charge in [-0.3, -0.25) is 4.90 Å². The molecule has 1 atom stereocenters. The van der Waals surface area contributed by atoms with Gasteiger partial charge >= 0.3 is 0 Å². The normalized spacial score (nSPS) is 12.1. The maximum absolute atomic E-state index is 9.34. The van der Waals surface area contributed by atoms with Gasteiger partial charge in [-0.05, 0) is 45.3 Å². The van der Waals surface area contributed by atoms with Gasteiger partial charge in [0.15, 0.2) is 0 Å². The third-order valence-corrected chi connectivity index (χ3v) is 3.98. The highest BCUT2D eigenvalue weighted by molar-refractivity contribution is 5.59. The quantitative estimate of drug-likeness (QED) is 0.737. The fraction of sp³-hybridized carbons (Fsp3) is 0.263. The molecule has 0 aliphatic heterocycles. The van der Waals surface area contributed by atoms with Crippen LogP contribution in [0.3, 0.4) is 0 Å². The number of aryl methyl sites for hydroxylation is 1. The van der Waals surface area contributed by atoms with E-state index in [1.54, 1.807) is 6.26 Å². The molecule has 1 aromatic carbocycles. The van der Waals surface area contributed by atoms with Gasteiger partial charge in [-0.25, -0.2) is 0 Å². The summed E-state index contributed by atoms with van der Waals surface area (Å²) in [5.74, 6) is 1.64. The molecule has 0 radical (unpaired) electrons. The molecule has 0 aliphatic carbocycles. The van der Waals surface area contributed by atoms with Gasteiger partial charge in [-0.1, -0.05) is 17.7 Å². The molecule has 1 N–H and O–H groups in total. The number of benzene rings is 1. The van der Waals surface area contributed by atoms with E-state index in [1.807, 2.05) is 62.3 Å². The highest BCUT2D eigenvalue weighted by Crippen LogP contribution is 2.27. The Balaban J connectivity index is 1.80. The number of furan rings is 1. The number of hydrogen-bond acceptors (Lipinski definition) is 6. The SMILES string of the molecule is Cc1ccc(-c2nc(C#N)c(NCC(c3ccco3)N(C)C)o2)cc1. The van der Waals surface area contributed by atoms with Gasteiger partial charge in [0.2, 0.25) is 17.5 Å². The highest BCUT2D eigenvalue weighted by atomic mass is 16.4. The molecular weight excluding hydrogens is 316 g/mol. The lowest BCUT2D eigenvalue weighted by Crippen LogP contribution is -2.26. The lowest BCUT2D eigenvalue weighted by atomic mass is 10.1. The van der Waals surface area contributed by atoms with Crippen LogP contribution in [0.1, 0.15) is 23.1 Å². The maximum Gasteiger partial charge on any atom is 0.232 e. The lowest BCUT2D eigenvalue weighted by Gasteiger charge is -2.22. The first-order chi connectivity index (χ1) is 12.1. The summed E-state index contributed by atoms with van der Waals surface area (Å²) >= 11 is 0. The molecule has 0 aliphatic rings. The molecule has 1 unspecified atom stereocenters. The minimum atomic E-state index is 0.00877. The van der Waals surface area contributed by atoms with E-state index in [0.717, 1.165) is 16.9 Å². The summed E-state index contributed by atoms with van der Waals surface area (Å²) in [6, 6.07) is 13.7. The fourth-order valence-corrected chi connectivity index (χ4v) is 2.54. The van der Waals surface area contributed by atoms with E-state index in [0.29, 0.717) is 18.3 Å². The third kappa shape index (κ3) is 3.73. The smallest absolute Gasteiger partial charge is 0.232 e. The number of anilines is 1. The summed E-state index contributed by atoms with van der Waals surface area (Å²) in [4.78, 5) is 6.32. The molecule has 2 heterocycles. The van der Waals surface area contributed by atoms with E-state index >= 15 is 0 Å². The van der Waals surface area contributed by atoms with Crippen LogP contribution in [-0.4, -0.2) is 30.5 Å². The second-order valence-electron chi connectivity index (χ2n) is 6.05. The van der Waals surface area contributed by atoms with Crippen LogP contribution in [0.2, 0.25) is 0 Å². The monoisotopic (exact) mass is 336 g/mol. The minimum absolute atomic E-state index is 0.00877. The van der Waals surface area contributed by atoms with Crippen molar-refractivity contribution in [1.82, 2.24) is 9.88 Å². The van der Waals surface area contributed by atoms with Crippen molar-refractivity contribution < 1.29 is 8.83 Å².